The average Bonchev–Trinajstić information content (AvgIpc) is 3.31. The Balaban J connectivity index is 1.39. The number of aliphatic hydroxyl groups is 1. The van der Waals surface area contributed by atoms with Crippen LogP contribution in [0.2, 0.25) is 0 Å². The summed E-state index contributed by atoms with van der Waals surface area (Å²) in [4.78, 5) is 16.9. The first-order valence-electron chi connectivity index (χ1n) is 9.05. The SMILES string of the molecule is O=C(c1ccn(-c2ccccc2)n1)N1CCN([C@@H]2CCC[C@@H]2O)CC1. The van der Waals surface area contributed by atoms with Gasteiger partial charge in [0.25, 0.3) is 5.91 Å². The molecule has 6 heteroatoms. The molecule has 1 amide bonds. The number of para-hydroxylation sites is 1. The molecule has 0 radical (unpaired) electrons. The van der Waals surface area contributed by atoms with E-state index in [0.29, 0.717) is 18.8 Å². The number of piperazine rings is 1. The maximum atomic E-state index is 12.7. The lowest BCUT2D eigenvalue weighted by Crippen LogP contribution is -2.53. The van der Waals surface area contributed by atoms with Crippen LogP contribution in [0.3, 0.4) is 0 Å². The molecular weight excluding hydrogens is 316 g/mol. The largest absolute Gasteiger partial charge is 0.391 e. The summed E-state index contributed by atoms with van der Waals surface area (Å²) in [6.07, 6.45) is 4.69. The molecule has 0 unspecified atom stereocenters. The number of carbonyl (C=O) groups excluding carboxylic acids is 1. The first-order valence-corrected chi connectivity index (χ1v) is 9.05. The second-order valence-electron chi connectivity index (χ2n) is 6.87. The molecule has 1 aliphatic heterocycles. The van der Waals surface area contributed by atoms with Gasteiger partial charge in [-0.05, 0) is 37.5 Å². The normalized spacial score (nSPS) is 24.6. The van der Waals surface area contributed by atoms with E-state index in [-0.39, 0.29) is 18.1 Å². The topological polar surface area (TPSA) is 61.6 Å². The van der Waals surface area contributed by atoms with Crippen molar-refractivity contribution >= 4 is 5.91 Å². The van der Waals surface area contributed by atoms with Crippen molar-refractivity contribution in [2.24, 2.45) is 0 Å². The van der Waals surface area contributed by atoms with Crippen LogP contribution in [0.15, 0.2) is 42.6 Å². The number of hydrogen-bond donors (Lipinski definition) is 1. The Kier molecular flexibility index (Phi) is 4.55. The maximum absolute atomic E-state index is 12.7. The van der Waals surface area contributed by atoms with Crippen LogP contribution in [0.1, 0.15) is 29.8 Å². The van der Waals surface area contributed by atoms with E-state index in [1.165, 1.54) is 0 Å². The maximum Gasteiger partial charge on any atom is 0.274 e. The highest BCUT2D eigenvalue weighted by atomic mass is 16.3. The lowest BCUT2D eigenvalue weighted by Gasteiger charge is -2.38. The Morgan fingerprint density at radius 3 is 2.48 bits per heavy atom. The van der Waals surface area contributed by atoms with Crippen molar-refractivity contribution in [3.05, 3.63) is 48.3 Å². The van der Waals surface area contributed by atoms with Crippen molar-refractivity contribution < 1.29 is 9.90 Å². The van der Waals surface area contributed by atoms with Crippen LogP contribution >= 0.6 is 0 Å². The second kappa shape index (κ2) is 6.98. The Morgan fingerprint density at radius 2 is 1.80 bits per heavy atom. The van der Waals surface area contributed by atoms with Gasteiger partial charge in [-0.25, -0.2) is 4.68 Å². The van der Waals surface area contributed by atoms with E-state index in [9.17, 15) is 9.90 Å². The quantitative estimate of drug-likeness (QED) is 0.921. The van der Waals surface area contributed by atoms with Gasteiger partial charge in [0, 0.05) is 38.4 Å². The molecule has 1 aliphatic carbocycles. The van der Waals surface area contributed by atoms with Crippen LogP contribution in [-0.2, 0) is 0 Å². The van der Waals surface area contributed by atoms with Gasteiger partial charge in [0.05, 0.1) is 11.8 Å². The monoisotopic (exact) mass is 340 g/mol. The molecule has 2 heterocycles. The molecule has 0 spiro atoms. The van der Waals surface area contributed by atoms with Gasteiger partial charge in [-0.3, -0.25) is 9.69 Å². The smallest absolute Gasteiger partial charge is 0.274 e. The summed E-state index contributed by atoms with van der Waals surface area (Å²) >= 11 is 0. The standard InChI is InChI=1S/C19H24N4O2/c24-18-8-4-7-17(18)21-11-13-22(14-12-21)19(25)16-9-10-23(20-16)15-5-2-1-3-6-15/h1-3,5-6,9-10,17-18,24H,4,7-8,11-14H2/t17-,18+/m1/s1. The van der Waals surface area contributed by atoms with E-state index < -0.39 is 0 Å². The molecular formula is C19H24N4O2. The summed E-state index contributed by atoms with van der Waals surface area (Å²) in [6, 6.07) is 11.8. The van der Waals surface area contributed by atoms with Gasteiger partial charge < -0.3 is 10.0 Å². The lowest BCUT2D eigenvalue weighted by atomic mass is 10.1. The number of aromatic nitrogens is 2. The minimum atomic E-state index is -0.205. The Labute approximate surface area is 147 Å². The van der Waals surface area contributed by atoms with Crippen LogP contribution < -0.4 is 0 Å². The summed E-state index contributed by atoms with van der Waals surface area (Å²) in [5, 5.41) is 14.5. The molecule has 4 rings (SSSR count). The summed E-state index contributed by atoms with van der Waals surface area (Å²) < 4.78 is 1.73. The zero-order valence-corrected chi connectivity index (χ0v) is 14.3. The van der Waals surface area contributed by atoms with Gasteiger partial charge in [-0.1, -0.05) is 18.2 Å². The van der Waals surface area contributed by atoms with E-state index in [4.69, 9.17) is 0 Å². The van der Waals surface area contributed by atoms with E-state index in [1.54, 1.807) is 10.7 Å². The molecule has 2 aliphatic rings. The van der Waals surface area contributed by atoms with Crippen LogP contribution in [0.25, 0.3) is 5.69 Å². The van der Waals surface area contributed by atoms with Gasteiger partial charge >= 0.3 is 0 Å². The number of rotatable bonds is 3. The number of aliphatic hydroxyl groups excluding tert-OH is 1. The molecule has 1 aromatic heterocycles. The summed E-state index contributed by atoms with van der Waals surface area (Å²) in [6.45, 7) is 3.04. The zero-order valence-electron chi connectivity index (χ0n) is 14.3. The molecule has 132 valence electrons. The summed E-state index contributed by atoms with van der Waals surface area (Å²) in [5.74, 6) is -0.0127. The third-order valence-corrected chi connectivity index (χ3v) is 5.34. The first-order chi connectivity index (χ1) is 12.2. The fraction of sp³-hybridized carbons (Fsp3) is 0.474. The summed E-state index contributed by atoms with van der Waals surface area (Å²) in [7, 11) is 0. The summed E-state index contributed by atoms with van der Waals surface area (Å²) in [5.41, 5.74) is 1.43. The Hall–Kier alpha value is -2.18. The zero-order chi connectivity index (χ0) is 17.2. The molecule has 2 atom stereocenters. The Bertz CT molecular complexity index is 722. The highest BCUT2D eigenvalue weighted by molar-refractivity contribution is 5.92. The number of nitrogens with zero attached hydrogens (tertiary/aromatic N) is 4. The number of hydrogen-bond acceptors (Lipinski definition) is 4. The minimum absolute atomic E-state index is 0.0127. The highest BCUT2D eigenvalue weighted by Gasteiger charge is 2.33. The van der Waals surface area contributed by atoms with Gasteiger partial charge in [0.15, 0.2) is 5.69 Å². The molecule has 25 heavy (non-hydrogen) atoms. The van der Waals surface area contributed by atoms with Crippen molar-refractivity contribution in [3.8, 4) is 5.69 Å². The number of benzene rings is 1. The van der Waals surface area contributed by atoms with Crippen LogP contribution in [0.5, 0.6) is 0 Å². The fourth-order valence-electron chi connectivity index (χ4n) is 3.93. The fourth-order valence-corrected chi connectivity index (χ4v) is 3.93. The molecule has 0 bridgehead atoms. The van der Waals surface area contributed by atoms with Crippen molar-refractivity contribution in [2.45, 2.75) is 31.4 Å². The van der Waals surface area contributed by atoms with Crippen LogP contribution in [0, 0.1) is 0 Å². The molecule has 1 saturated carbocycles. The van der Waals surface area contributed by atoms with Crippen molar-refractivity contribution in [2.75, 3.05) is 26.2 Å². The predicted octanol–water partition coefficient (Wildman–Crippen LogP) is 1.54. The van der Waals surface area contributed by atoms with Gasteiger partial charge in [-0.15, -0.1) is 0 Å². The lowest BCUT2D eigenvalue weighted by molar-refractivity contribution is 0.0313. The molecule has 1 N–H and O–H groups in total. The number of amides is 1. The highest BCUT2D eigenvalue weighted by Crippen LogP contribution is 2.25. The van der Waals surface area contributed by atoms with E-state index in [1.807, 2.05) is 41.4 Å². The van der Waals surface area contributed by atoms with Gasteiger partial charge in [-0.2, -0.15) is 5.10 Å². The Morgan fingerprint density at radius 1 is 1.04 bits per heavy atom. The van der Waals surface area contributed by atoms with Crippen LogP contribution in [0.4, 0.5) is 0 Å². The first kappa shape index (κ1) is 16.3. The van der Waals surface area contributed by atoms with Crippen molar-refractivity contribution in [3.63, 3.8) is 0 Å². The number of carbonyl (C=O) groups is 1. The molecule has 2 aromatic rings. The van der Waals surface area contributed by atoms with E-state index in [2.05, 4.69) is 10.00 Å². The van der Waals surface area contributed by atoms with E-state index in [0.717, 1.165) is 38.0 Å². The average molecular weight is 340 g/mol. The van der Waals surface area contributed by atoms with Crippen LogP contribution in [-0.4, -0.2) is 68.9 Å². The molecule has 6 nitrogen and oxygen atoms in total. The molecule has 2 fully saturated rings. The predicted molar refractivity (Wildman–Crippen MR) is 94.7 cm³/mol. The molecule has 1 saturated heterocycles. The molecule has 1 aromatic carbocycles. The second-order valence-corrected chi connectivity index (χ2v) is 6.87. The van der Waals surface area contributed by atoms with Crippen molar-refractivity contribution in [1.82, 2.24) is 19.6 Å². The van der Waals surface area contributed by atoms with E-state index >= 15 is 0 Å². The van der Waals surface area contributed by atoms with Gasteiger partial charge in [0.2, 0.25) is 0 Å². The van der Waals surface area contributed by atoms with Crippen molar-refractivity contribution in [1.29, 1.82) is 0 Å². The minimum Gasteiger partial charge on any atom is -0.391 e. The van der Waals surface area contributed by atoms with Gasteiger partial charge in [0.1, 0.15) is 0 Å². The third kappa shape index (κ3) is 3.32. The third-order valence-electron chi connectivity index (χ3n) is 5.34.